The Labute approximate surface area is 155 Å². The third-order valence-electron chi connectivity index (χ3n) is 4.62. The van der Waals surface area contributed by atoms with Crippen LogP contribution in [0.15, 0.2) is 36.4 Å². The highest BCUT2D eigenvalue weighted by molar-refractivity contribution is 5.85. The number of aromatic amines is 1. The van der Waals surface area contributed by atoms with Crippen LogP contribution in [0.25, 0.3) is 11.3 Å². The van der Waals surface area contributed by atoms with Crippen molar-refractivity contribution < 1.29 is 4.79 Å². The number of likely N-dealkylation sites (N-methyl/N-ethyl adjacent to an activating group) is 1. The summed E-state index contributed by atoms with van der Waals surface area (Å²) in [7, 11) is 1.90. The minimum atomic E-state index is 0. The molecule has 25 heavy (non-hydrogen) atoms. The smallest absolute Gasteiger partial charge is 0.239 e. The van der Waals surface area contributed by atoms with Crippen LogP contribution in [0, 0.1) is 0 Å². The Bertz CT molecular complexity index is 652. The van der Waals surface area contributed by atoms with Gasteiger partial charge in [0.1, 0.15) is 0 Å². The zero-order valence-electron chi connectivity index (χ0n) is 14.7. The van der Waals surface area contributed by atoms with Crippen LogP contribution in [-0.2, 0) is 11.2 Å². The minimum absolute atomic E-state index is 0. The molecule has 2 N–H and O–H groups in total. The van der Waals surface area contributed by atoms with Gasteiger partial charge in [0.2, 0.25) is 5.91 Å². The average Bonchev–Trinajstić information content (AvgIpc) is 3.11. The number of nitrogens with zero attached hydrogens (tertiary/aromatic N) is 2. The first-order valence-corrected chi connectivity index (χ1v) is 8.82. The summed E-state index contributed by atoms with van der Waals surface area (Å²) in [4.78, 5) is 14.2. The van der Waals surface area contributed by atoms with Gasteiger partial charge in [-0.05, 0) is 38.3 Å². The van der Waals surface area contributed by atoms with Crippen LogP contribution in [0.4, 0.5) is 0 Å². The third kappa shape index (κ3) is 5.31. The summed E-state index contributed by atoms with van der Waals surface area (Å²) in [6, 6.07) is 12.3. The molecule has 0 radical (unpaired) electrons. The number of halogens is 1. The molecule has 2 aromatic rings. The monoisotopic (exact) mass is 362 g/mol. The second-order valence-electron chi connectivity index (χ2n) is 6.51. The van der Waals surface area contributed by atoms with Crippen LogP contribution in [0.5, 0.6) is 0 Å². The summed E-state index contributed by atoms with van der Waals surface area (Å²) >= 11 is 0. The molecule has 1 saturated heterocycles. The molecule has 0 aliphatic carbocycles. The van der Waals surface area contributed by atoms with E-state index in [9.17, 15) is 4.79 Å². The highest BCUT2D eigenvalue weighted by atomic mass is 35.5. The summed E-state index contributed by atoms with van der Waals surface area (Å²) in [6.07, 6.45) is 5.12. The van der Waals surface area contributed by atoms with Gasteiger partial charge in [-0.1, -0.05) is 36.8 Å². The van der Waals surface area contributed by atoms with Crippen molar-refractivity contribution in [1.29, 1.82) is 0 Å². The summed E-state index contributed by atoms with van der Waals surface area (Å²) in [5, 5.41) is 10.8. The van der Waals surface area contributed by atoms with Crippen molar-refractivity contribution in [2.24, 2.45) is 0 Å². The van der Waals surface area contributed by atoms with Crippen molar-refractivity contribution in [2.45, 2.75) is 38.1 Å². The second-order valence-corrected chi connectivity index (χ2v) is 6.51. The summed E-state index contributed by atoms with van der Waals surface area (Å²) < 4.78 is 0. The van der Waals surface area contributed by atoms with Crippen LogP contribution in [0.1, 0.15) is 31.4 Å². The number of amides is 1. The van der Waals surface area contributed by atoms with E-state index in [1.165, 1.54) is 6.42 Å². The summed E-state index contributed by atoms with van der Waals surface area (Å²) in [5.41, 5.74) is 3.21. The Balaban J connectivity index is 0.00000225. The highest BCUT2D eigenvalue weighted by Crippen LogP contribution is 2.17. The number of carbonyl (C=O) groups is 1. The Hall–Kier alpha value is -1.85. The van der Waals surface area contributed by atoms with E-state index in [4.69, 9.17) is 0 Å². The number of piperidine rings is 1. The van der Waals surface area contributed by atoms with Crippen LogP contribution in [0.2, 0.25) is 0 Å². The van der Waals surface area contributed by atoms with Crippen molar-refractivity contribution in [3.63, 3.8) is 0 Å². The number of hydrogen-bond donors (Lipinski definition) is 2. The van der Waals surface area contributed by atoms with E-state index >= 15 is 0 Å². The fraction of sp³-hybridized carbons (Fsp3) is 0.474. The van der Waals surface area contributed by atoms with Gasteiger partial charge in [-0.2, -0.15) is 5.10 Å². The van der Waals surface area contributed by atoms with E-state index < -0.39 is 0 Å². The van der Waals surface area contributed by atoms with E-state index in [1.54, 1.807) is 0 Å². The maximum Gasteiger partial charge on any atom is 0.239 e. The van der Waals surface area contributed by atoms with Crippen molar-refractivity contribution in [2.75, 3.05) is 20.1 Å². The maximum atomic E-state index is 12.4. The molecule has 1 aromatic carbocycles. The zero-order chi connectivity index (χ0) is 16.8. The molecule has 1 aliphatic heterocycles. The average molecular weight is 363 g/mol. The predicted molar refractivity (Wildman–Crippen MR) is 103 cm³/mol. The lowest BCUT2D eigenvalue weighted by Crippen LogP contribution is -2.47. The lowest BCUT2D eigenvalue weighted by Gasteiger charge is -2.27. The Morgan fingerprint density at radius 3 is 2.80 bits per heavy atom. The van der Waals surface area contributed by atoms with Gasteiger partial charge in [-0.3, -0.25) is 9.89 Å². The largest absolute Gasteiger partial charge is 0.344 e. The van der Waals surface area contributed by atoms with Crippen LogP contribution < -0.4 is 5.32 Å². The van der Waals surface area contributed by atoms with Gasteiger partial charge in [-0.25, -0.2) is 0 Å². The lowest BCUT2D eigenvalue weighted by molar-refractivity contribution is -0.132. The lowest BCUT2D eigenvalue weighted by atomic mass is 10.0. The first kappa shape index (κ1) is 19.5. The van der Waals surface area contributed by atoms with Crippen molar-refractivity contribution in [1.82, 2.24) is 20.4 Å². The number of carbonyl (C=O) groups excluding carboxylic acids is 1. The first-order valence-electron chi connectivity index (χ1n) is 8.82. The second kappa shape index (κ2) is 9.59. The number of nitrogens with one attached hydrogen (secondary N) is 2. The van der Waals surface area contributed by atoms with E-state index in [0.717, 1.165) is 55.7 Å². The number of aromatic nitrogens is 2. The van der Waals surface area contributed by atoms with Crippen LogP contribution in [0.3, 0.4) is 0 Å². The van der Waals surface area contributed by atoms with E-state index in [0.29, 0.717) is 0 Å². The molecule has 1 amide bonds. The standard InChI is InChI=1S/C19H26N4O.ClH/c1-23(19(24)17-11-5-6-12-20-17)13-7-10-16-14-18(22-21-16)15-8-3-2-4-9-15;/h2-4,8-9,14,17,20H,5-7,10-13H2,1H3,(H,21,22);1H. The normalized spacial score (nSPS) is 16.9. The van der Waals surface area contributed by atoms with E-state index in [-0.39, 0.29) is 24.4 Å². The van der Waals surface area contributed by atoms with Gasteiger partial charge >= 0.3 is 0 Å². The zero-order valence-corrected chi connectivity index (χ0v) is 15.5. The van der Waals surface area contributed by atoms with Crippen molar-refractivity contribution >= 4 is 18.3 Å². The number of H-pyrrole nitrogens is 1. The first-order chi connectivity index (χ1) is 11.7. The Kier molecular flexibility index (Phi) is 7.47. The topological polar surface area (TPSA) is 61.0 Å². The van der Waals surface area contributed by atoms with Crippen LogP contribution in [-0.4, -0.2) is 47.2 Å². The molecule has 1 unspecified atom stereocenters. The molecule has 136 valence electrons. The summed E-state index contributed by atoms with van der Waals surface area (Å²) in [5.74, 6) is 0.226. The minimum Gasteiger partial charge on any atom is -0.344 e. The Morgan fingerprint density at radius 2 is 2.08 bits per heavy atom. The number of benzene rings is 1. The van der Waals surface area contributed by atoms with E-state index in [2.05, 4.69) is 33.7 Å². The number of hydrogen-bond acceptors (Lipinski definition) is 3. The molecule has 0 spiro atoms. The van der Waals surface area contributed by atoms with Gasteiger partial charge in [0.05, 0.1) is 11.7 Å². The van der Waals surface area contributed by atoms with Gasteiger partial charge < -0.3 is 10.2 Å². The number of aryl methyl sites for hydroxylation is 1. The van der Waals surface area contributed by atoms with Crippen molar-refractivity contribution in [3.8, 4) is 11.3 Å². The van der Waals surface area contributed by atoms with E-state index in [1.807, 2.05) is 30.1 Å². The molecule has 1 fully saturated rings. The highest BCUT2D eigenvalue weighted by Gasteiger charge is 2.23. The molecule has 6 heteroatoms. The molecule has 5 nitrogen and oxygen atoms in total. The molecule has 1 aliphatic rings. The van der Waals surface area contributed by atoms with Crippen molar-refractivity contribution in [3.05, 3.63) is 42.1 Å². The van der Waals surface area contributed by atoms with Gasteiger partial charge in [0.25, 0.3) is 0 Å². The third-order valence-corrected chi connectivity index (χ3v) is 4.62. The number of rotatable bonds is 6. The molecule has 2 heterocycles. The van der Waals surface area contributed by atoms with Gasteiger partial charge in [0.15, 0.2) is 0 Å². The predicted octanol–water partition coefficient (Wildman–Crippen LogP) is 3.03. The maximum absolute atomic E-state index is 12.4. The Morgan fingerprint density at radius 1 is 1.28 bits per heavy atom. The summed E-state index contributed by atoms with van der Waals surface area (Å²) in [6.45, 7) is 1.73. The molecular weight excluding hydrogens is 336 g/mol. The SMILES string of the molecule is CN(CCCc1cc(-c2ccccc2)n[nH]1)C(=O)C1CCCCN1.Cl. The molecule has 0 saturated carbocycles. The molecular formula is C19H27ClN4O. The fourth-order valence-electron chi connectivity index (χ4n) is 3.19. The quantitative estimate of drug-likeness (QED) is 0.830. The molecule has 1 atom stereocenters. The fourth-order valence-corrected chi connectivity index (χ4v) is 3.19. The molecule has 0 bridgehead atoms. The van der Waals surface area contributed by atoms with Gasteiger partial charge in [-0.15, -0.1) is 12.4 Å². The molecule has 1 aromatic heterocycles. The van der Waals surface area contributed by atoms with Crippen LogP contribution >= 0.6 is 12.4 Å². The molecule has 3 rings (SSSR count). The van der Waals surface area contributed by atoms with Gasteiger partial charge in [0, 0.05) is 24.8 Å².